The highest BCUT2D eigenvalue weighted by atomic mass is 35.5. The van der Waals surface area contributed by atoms with Crippen molar-refractivity contribution in [3.8, 4) is 0 Å². The summed E-state index contributed by atoms with van der Waals surface area (Å²) in [6, 6.07) is 12.7. The van der Waals surface area contributed by atoms with Gasteiger partial charge in [-0.25, -0.2) is 17.9 Å². The van der Waals surface area contributed by atoms with Crippen molar-refractivity contribution in [2.45, 2.75) is 10.6 Å². The molecule has 11 heteroatoms. The molecule has 1 aliphatic rings. The molecule has 4 aromatic rings. The highest BCUT2D eigenvalue weighted by Crippen LogP contribution is 2.31. The number of oxazole rings is 1. The van der Waals surface area contributed by atoms with E-state index in [4.69, 9.17) is 16.0 Å². The number of fused-ring (bicyclic) bond motifs is 2. The van der Waals surface area contributed by atoms with Gasteiger partial charge in [-0.2, -0.15) is 0 Å². The molecule has 2 N–H and O–H groups in total. The van der Waals surface area contributed by atoms with Crippen molar-refractivity contribution in [1.29, 1.82) is 0 Å². The van der Waals surface area contributed by atoms with Gasteiger partial charge in [0, 0.05) is 42.4 Å². The predicted octanol–water partition coefficient (Wildman–Crippen LogP) is 3.48. The van der Waals surface area contributed by atoms with Gasteiger partial charge in [-0.1, -0.05) is 17.7 Å². The van der Waals surface area contributed by atoms with Crippen molar-refractivity contribution in [2.75, 3.05) is 44.2 Å². The van der Waals surface area contributed by atoms with Crippen LogP contribution < -0.4 is 15.4 Å². The second-order valence-electron chi connectivity index (χ2n) is 7.99. The third kappa shape index (κ3) is 4.80. The van der Waals surface area contributed by atoms with Crippen molar-refractivity contribution >= 4 is 59.8 Å². The van der Waals surface area contributed by atoms with Crippen LogP contribution in [0.2, 0.25) is 5.02 Å². The number of para-hydroxylation sites is 1. The first-order valence-corrected chi connectivity index (χ1v) is 13.3. The third-order valence-corrected chi connectivity index (χ3v) is 9.10. The summed E-state index contributed by atoms with van der Waals surface area (Å²) < 4.78 is 34.4. The summed E-state index contributed by atoms with van der Waals surface area (Å²) in [4.78, 5) is 18.9. The monoisotopic (exact) mass is 506 g/mol. The zero-order valence-corrected chi connectivity index (χ0v) is 20.1. The van der Waals surface area contributed by atoms with E-state index in [1.807, 2.05) is 18.2 Å². The summed E-state index contributed by atoms with van der Waals surface area (Å²) in [7, 11) is -3.54. The molecule has 1 fully saturated rings. The summed E-state index contributed by atoms with van der Waals surface area (Å²) >= 11 is 7.25. The van der Waals surface area contributed by atoms with Crippen LogP contribution in [-0.2, 0) is 10.0 Å². The molecule has 0 amide bonds. The molecule has 8 nitrogen and oxygen atoms in total. The Labute approximate surface area is 199 Å². The van der Waals surface area contributed by atoms with E-state index in [1.165, 1.54) is 11.3 Å². The summed E-state index contributed by atoms with van der Waals surface area (Å²) in [6.07, 6.45) is 0.723. The maximum absolute atomic E-state index is 12.7. The number of benzene rings is 2. The lowest BCUT2D eigenvalue weighted by molar-refractivity contribution is 0.255. The topological polar surface area (TPSA) is 98.6 Å². The molecule has 0 spiro atoms. The van der Waals surface area contributed by atoms with Crippen LogP contribution in [0.4, 0.5) is 5.69 Å². The molecule has 2 aromatic carbocycles. The molecule has 0 unspecified atom stereocenters. The van der Waals surface area contributed by atoms with Crippen LogP contribution >= 0.6 is 22.9 Å². The van der Waals surface area contributed by atoms with E-state index in [2.05, 4.69) is 19.5 Å². The number of aromatic nitrogens is 1. The standard InChI is InChI=1S/C22H23ClN4O4S2/c23-16-5-6-19-15(13-16)14-20(32-19)33(29,30)24-7-2-8-26-9-11-27(12-10-26)17-3-1-4-18-21(17)25-22(28)31-18/h1,3-6,13-14,24H,2,7-12H2,(H,25,28). The second-order valence-corrected chi connectivity index (χ2v) is 11.5. The Bertz CT molecular complexity index is 1450. The minimum Gasteiger partial charge on any atom is -0.408 e. The number of aromatic amines is 1. The van der Waals surface area contributed by atoms with Gasteiger partial charge in [0.1, 0.15) is 9.73 Å². The predicted molar refractivity (Wildman–Crippen MR) is 132 cm³/mol. The van der Waals surface area contributed by atoms with Crippen LogP contribution in [0.3, 0.4) is 0 Å². The summed E-state index contributed by atoms with van der Waals surface area (Å²) in [5.74, 6) is -0.446. The molecular weight excluding hydrogens is 484 g/mol. The summed E-state index contributed by atoms with van der Waals surface area (Å²) in [6.45, 7) is 4.56. The molecule has 0 saturated carbocycles. The van der Waals surface area contributed by atoms with Crippen LogP contribution in [0, 0.1) is 0 Å². The molecule has 0 atom stereocenters. The number of nitrogens with zero attached hydrogens (tertiary/aromatic N) is 2. The Hall–Kier alpha value is -2.37. The van der Waals surface area contributed by atoms with Crippen LogP contribution in [0.25, 0.3) is 21.2 Å². The average Bonchev–Trinajstić information content (AvgIpc) is 3.39. The number of hydrogen-bond donors (Lipinski definition) is 2. The number of hydrogen-bond acceptors (Lipinski definition) is 7. The van der Waals surface area contributed by atoms with Gasteiger partial charge in [0.2, 0.25) is 10.0 Å². The van der Waals surface area contributed by atoms with E-state index in [0.717, 1.165) is 60.4 Å². The molecule has 0 bridgehead atoms. The first-order valence-electron chi connectivity index (χ1n) is 10.7. The minimum atomic E-state index is -3.54. The van der Waals surface area contributed by atoms with Crippen LogP contribution in [-0.4, -0.2) is 57.6 Å². The molecular formula is C22H23ClN4O4S2. The van der Waals surface area contributed by atoms with Crippen molar-refractivity contribution in [1.82, 2.24) is 14.6 Å². The van der Waals surface area contributed by atoms with Gasteiger partial charge in [-0.3, -0.25) is 9.88 Å². The van der Waals surface area contributed by atoms with E-state index in [9.17, 15) is 13.2 Å². The van der Waals surface area contributed by atoms with Gasteiger partial charge in [0.05, 0.1) is 5.69 Å². The van der Waals surface area contributed by atoms with Crippen LogP contribution in [0.15, 0.2) is 55.9 Å². The smallest absolute Gasteiger partial charge is 0.408 e. The minimum absolute atomic E-state index is 0.305. The Morgan fingerprint density at radius 1 is 1.12 bits per heavy atom. The molecule has 174 valence electrons. The highest BCUT2D eigenvalue weighted by molar-refractivity contribution is 7.91. The number of thiophene rings is 1. The van der Waals surface area contributed by atoms with Gasteiger partial charge in [0.25, 0.3) is 0 Å². The molecule has 33 heavy (non-hydrogen) atoms. The Balaban J connectivity index is 1.12. The second kappa shape index (κ2) is 9.11. The van der Waals surface area contributed by atoms with Crippen molar-refractivity contribution in [3.05, 3.63) is 58.0 Å². The lowest BCUT2D eigenvalue weighted by Gasteiger charge is -2.36. The molecule has 1 aliphatic heterocycles. The fourth-order valence-electron chi connectivity index (χ4n) is 4.14. The van der Waals surface area contributed by atoms with Crippen molar-refractivity contribution in [2.24, 2.45) is 0 Å². The molecule has 5 rings (SSSR count). The van der Waals surface area contributed by atoms with Gasteiger partial charge < -0.3 is 9.32 Å². The fourth-order valence-corrected chi connectivity index (χ4v) is 6.81. The lowest BCUT2D eigenvalue weighted by Crippen LogP contribution is -2.47. The van der Waals surface area contributed by atoms with Crippen molar-refractivity contribution < 1.29 is 12.8 Å². The average molecular weight is 507 g/mol. The molecule has 3 heterocycles. The quantitative estimate of drug-likeness (QED) is 0.372. The van der Waals surface area contributed by atoms with Gasteiger partial charge >= 0.3 is 5.76 Å². The van der Waals surface area contributed by atoms with Crippen LogP contribution in [0.1, 0.15) is 6.42 Å². The summed E-state index contributed by atoms with van der Waals surface area (Å²) in [5.41, 5.74) is 2.26. The van der Waals surface area contributed by atoms with Crippen LogP contribution in [0.5, 0.6) is 0 Å². The Kier molecular flexibility index (Phi) is 6.19. The normalized spacial score (nSPS) is 15.6. The SMILES string of the molecule is O=c1[nH]c2c(N3CCN(CCCNS(=O)(=O)c4cc5cc(Cl)ccc5s4)CC3)cccc2o1. The first-order chi connectivity index (χ1) is 15.9. The van der Waals surface area contributed by atoms with Gasteiger partial charge in [-0.15, -0.1) is 11.3 Å². The molecule has 1 saturated heterocycles. The Morgan fingerprint density at radius 2 is 1.94 bits per heavy atom. The lowest BCUT2D eigenvalue weighted by atomic mass is 10.2. The van der Waals surface area contributed by atoms with Crippen molar-refractivity contribution in [3.63, 3.8) is 0 Å². The number of H-pyrrole nitrogens is 1. The van der Waals surface area contributed by atoms with E-state index in [1.54, 1.807) is 24.3 Å². The molecule has 0 radical (unpaired) electrons. The van der Waals surface area contributed by atoms with E-state index >= 15 is 0 Å². The number of piperazine rings is 1. The zero-order chi connectivity index (χ0) is 23.0. The summed E-state index contributed by atoms with van der Waals surface area (Å²) in [5, 5.41) is 1.42. The van der Waals surface area contributed by atoms with E-state index < -0.39 is 15.8 Å². The fraction of sp³-hybridized carbons (Fsp3) is 0.318. The first kappa shape index (κ1) is 22.4. The Morgan fingerprint density at radius 3 is 2.76 bits per heavy atom. The van der Waals surface area contributed by atoms with Gasteiger partial charge in [-0.05, 0) is 54.8 Å². The molecule has 0 aliphatic carbocycles. The van der Waals surface area contributed by atoms with E-state index in [-0.39, 0.29) is 0 Å². The molecule has 2 aromatic heterocycles. The largest absolute Gasteiger partial charge is 0.417 e. The maximum Gasteiger partial charge on any atom is 0.417 e. The zero-order valence-electron chi connectivity index (χ0n) is 17.7. The number of rotatable bonds is 7. The van der Waals surface area contributed by atoms with Gasteiger partial charge in [0.15, 0.2) is 5.58 Å². The number of sulfonamides is 1. The number of halogens is 1. The highest BCUT2D eigenvalue weighted by Gasteiger charge is 2.21. The number of anilines is 1. The van der Waals surface area contributed by atoms with E-state index in [0.29, 0.717) is 21.4 Å². The third-order valence-electron chi connectivity index (χ3n) is 5.81. The maximum atomic E-state index is 12.7. The number of nitrogens with one attached hydrogen (secondary N) is 2.